The molecular formula is C16H16Cl2F3N5O. The van der Waals surface area contributed by atoms with Gasteiger partial charge in [0, 0.05) is 19.8 Å². The van der Waals surface area contributed by atoms with E-state index in [4.69, 9.17) is 23.2 Å². The van der Waals surface area contributed by atoms with Crippen molar-refractivity contribution in [3.63, 3.8) is 0 Å². The van der Waals surface area contributed by atoms with Crippen molar-refractivity contribution in [2.24, 2.45) is 12.0 Å². The van der Waals surface area contributed by atoms with Gasteiger partial charge >= 0.3 is 0 Å². The van der Waals surface area contributed by atoms with E-state index in [1.807, 2.05) is 0 Å². The Hall–Kier alpha value is -2.39. The Kier molecular flexibility index (Phi) is 6.98. The zero-order valence-corrected chi connectivity index (χ0v) is 15.9. The van der Waals surface area contributed by atoms with Crippen LogP contribution in [0.25, 0.3) is 0 Å². The van der Waals surface area contributed by atoms with Crippen molar-refractivity contribution in [2.45, 2.75) is 6.54 Å². The fourth-order valence-corrected chi connectivity index (χ4v) is 2.55. The van der Waals surface area contributed by atoms with Crippen LogP contribution in [0.3, 0.4) is 0 Å². The van der Waals surface area contributed by atoms with Crippen LogP contribution in [0.4, 0.5) is 18.9 Å². The third-order valence-electron chi connectivity index (χ3n) is 3.60. The number of rotatable bonds is 5. The molecule has 1 amide bonds. The zero-order chi connectivity index (χ0) is 20.1. The molecule has 0 radical (unpaired) electrons. The number of halogens is 5. The predicted octanol–water partition coefficient (Wildman–Crippen LogP) is 3.05. The molecule has 1 aromatic heterocycles. The summed E-state index contributed by atoms with van der Waals surface area (Å²) in [7, 11) is 3.23. The van der Waals surface area contributed by atoms with E-state index in [1.54, 1.807) is 17.7 Å². The maximum absolute atomic E-state index is 13.6. The van der Waals surface area contributed by atoms with Gasteiger partial charge in [0.15, 0.2) is 23.4 Å². The van der Waals surface area contributed by atoms with Gasteiger partial charge in [-0.2, -0.15) is 0 Å². The largest absolute Gasteiger partial charge is 0.351 e. The second-order valence-electron chi connectivity index (χ2n) is 5.38. The zero-order valence-electron chi connectivity index (χ0n) is 14.3. The molecule has 146 valence electrons. The van der Waals surface area contributed by atoms with E-state index >= 15 is 0 Å². The second-order valence-corrected chi connectivity index (χ2v) is 6.15. The summed E-state index contributed by atoms with van der Waals surface area (Å²) in [5.41, 5.74) is 0.318. The van der Waals surface area contributed by atoms with Gasteiger partial charge < -0.3 is 20.5 Å². The molecule has 2 rings (SSSR count). The molecule has 0 aliphatic rings. The molecule has 0 fully saturated rings. The highest BCUT2D eigenvalue weighted by Crippen LogP contribution is 2.24. The predicted molar refractivity (Wildman–Crippen MR) is 98.6 cm³/mol. The smallest absolute Gasteiger partial charge is 0.243 e. The number of carbonyl (C=O) groups is 1. The van der Waals surface area contributed by atoms with E-state index in [2.05, 4.69) is 20.9 Å². The third-order valence-corrected chi connectivity index (χ3v) is 4.44. The lowest BCUT2D eigenvalue weighted by Crippen LogP contribution is -2.41. The topological polar surface area (TPSA) is 70.4 Å². The van der Waals surface area contributed by atoms with Crippen LogP contribution in [0.1, 0.15) is 5.69 Å². The summed E-state index contributed by atoms with van der Waals surface area (Å²) in [6, 6.07) is 3.34. The van der Waals surface area contributed by atoms with Crippen LogP contribution in [-0.2, 0) is 18.4 Å². The number of benzene rings is 1. The van der Waals surface area contributed by atoms with Crippen LogP contribution in [0.2, 0.25) is 10.2 Å². The van der Waals surface area contributed by atoms with Gasteiger partial charge in [0.1, 0.15) is 5.15 Å². The second kappa shape index (κ2) is 9.01. The Morgan fingerprint density at radius 2 is 1.89 bits per heavy atom. The van der Waals surface area contributed by atoms with Gasteiger partial charge in [-0.1, -0.05) is 23.2 Å². The molecule has 0 aliphatic heterocycles. The summed E-state index contributed by atoms with van der Waals surface area (Å²) in [5.74, 6) is -4.85. The van der Waals surface area contributed by atoms with Gasteiger partial charge in [0.2, 0.25) is 5.91 Å². The lowest BCUT2D eigenvalue weighted by molar-refractivity contribution is -0.115. The molecule has 2 aromatic rings. The quantitative estimate of drug-likeness (QED) is 0.394. The fraction of sp³-hybridized carbons (Fsp3) is 0.250. The number of hydrogen-bond acceptors (Lipinski definition) is 2. The first-order valence-corrected chi connectivity index (χ1v) is 8.37. The molecule has 27 heavy (non-hydrogen) atoms. The van der Waals surface area contributed by atoms with Crippen molar-refractivity contribution in [1.82, 2.24) is 15.2 Å². The molecule has 0 spiro atoms. The highest BCUT2D eigenvalue weighted by Gasteiger charge is 2.15. The first-order chi connectivity index (χ1) is 12.7. The van der Waals surface area contributed by atoms with E-state index in [1.165, 1.54) is 7.05 Å². The number of carbonyl (C=O) groups excluding carboxylic acids is 1. The van der Waals surface area contributed by atoms with Crippen molar-refractivity contribution in [2.75, 3.05) is 18.9 Å². The summed E-state index contributed by atoms with van der Waals surface area (Å²) >= 11 is 11.9. The molecule has 11 heteroatoms. The third kappa shape index (κ3) is 5.08. The molecule has 1 aromatic carbocycles. The van der Waals surface area contributed by atoms with Crippen molar-refractivity contribution in [1.29, 1.82) is 0 Å². The maximum Gasteiger partial charge on any atom is 0.243 e. The van der Waals surface area contributed by atoms with Crippen LogP contribution < -0.4 is 16.0 Å². The minimum Gasteiger partial charge on any atom is -0.351 e. The van der Waals surface area contributed by atoms with E-state index in [9.17, 15) is 18.0 Å². The first-order valence-electron chi connectivity index (χ1n) is 7.62. The lowest BCUT2D eigenvalue weighted by atomic mass is 10.2. The van der Waals surface area contributed by atoms with E-state index in [0.29, 0.717) is 16.7 Å². The first kappa shape index (κ1) is 20.9. The van der Waals surface area contributed by atoms with E-state index in [0.717, 1.165) is 17.8 Å². The average molecular weight is 422 g/mol. The molecule has 0 unspecified atom stereocenters. The molecule has 3 N–H and O–H groups in total. The minimum atomic E-state index is -1.65. The van der Waals surface area contributed by atoms with Crippen molar-refractivity contribution < 1.29 is 18.0 Å². The Bertz CT molecular complexity index is 885. The lowest BCUT2D eigenvalue weighted by Gasteiger charge is -2.13. The van der Waals surface area contributed by atoms with Gasteiger partial charge in [-0.05, 0) is 18.2 Å². The van der Waals surface area contributed by atoms with Gasteiger partial charge in [-0.15, -0.1) is 0 Å². The van der Waals surface area contributed by atoms with Crippen LogP contribution in [0.15, 0.2) is 23.2 Å². The minimum absolute atomic E-state index is 0.282. The SMILES string of the molecule is CN=C(NCC(=O)Nc1ccc(F)c(F)c1F)NCc1cc(Cl)c(Cl)n1C. The number of nitrogens with zero attached hydrogens (tertiary/aromatic N) is 2. The summed E-state index contributed by atoms with van der Waals surface area (Å²) in [6.45, 7) is 0.0365. The van der Waals surface area contributed by atoms with Crippen molar-refractivity contribution in [3.8, 4) is 0 Å². The number of aromatic nitrogens is 1. The van der Waals surface area contributed by atoms with Crippen molar-refractivity contribution >= 4 is 40.8 Å². The van der Waals surface area contributed by atoms with Crippen LogP contribution in [-0.4, -0.2) is 30.0 Å². The van der Waals surface area contributed by atoms with Crippen LogP contribution in [0, 0.1) is 17.5 Å². The highest BCUT2D eigenvalue weighted by molar-refractivity contribution is 6.41. The molecule has 0 atom stereocenters. The van der Waals surface area contributed by atoms with Crippen LogP contribution >= 0.6 is 23.2 Å². The molecule has 0 saturated heterocycles. The van der Waals surface area contributed by atoms with Crippen molar-refractivity contribution in [3.05, 3.63) is 51.5 Å². The highest BCUT2D eigenvalue weighted by atomic mass is 35.5. The Labute approximate surface area is 163 Å². The van der Waals surface area contributed by atoms with Gasteiger partial charge in [0.25, 0.3) is 0 Å². The number of anilines is 1. The van der Waals surface area contributed by atoms with Gasteiger partial charge in [-0.25, -0.2) is 13.2 Å². The van der Waals surface area contributed by atoms with E-state index < -0.39 is 29.0 Å². The summed E-state index contributed by atoms with van der Waals surface area (Å²) in [6.07, 6.45) is 0. The number of hydrogen-bond donors (Lipinski definition) is 3. The fourth-order valence-electron chi connectivity index (χ4n) is 2.13. The average Bonchev–Trinajstić information content (AvgIpc) is 2.89. The van der Waals surface area contributed by atoms with Gasteiger partial charge in [-0.3, -0.25) is 9.79 Å². The molecule has 0 saturated carbocycles. The summed E-state index contributed by atoms with van der Waals surface area (Å²) < 4.78 is 41.3. The molecule has 1 heterocycles. The van der Waals surface area contributed by atoms with Gasteiger partial charge in [0.05, 0.1) is 23.8 Å². The molecular weight excluding hydrogens is 406 g/mol. The number of aliphatic imine (C=N–C) groups is 1. The number of nitrogens with one attached hydrogen (secondary N) is 3. The Morgan fingerprint density at radius 3 is 2.48 bits per heavy atom. The molecule has 0 bridgehead atoms. The molecule has 0 aliphatic carbocycles. The number of guanidine groups is 1. The summed E-state index contributed by atoms with van der Waals surface area (Å²) in [4.78, 5) is 15.8. The maximum atomic E-state index is 13.6. The Morgan fingerprint density at radius 1 is 1.19 bits per heavy atom. The van der Waals surface area contributed by atoms with Crippen LogP contribution in [0.5, 0.6) is 0 Å². The number of amides is 1. The summed E-state index contributed by atoms with van der Waals surface area (Å²) in [5, 5.41) is 8.61. The van der Waals surface area contributed by atoms with E-state index in [-0.39, 0.29) is 12.5 Å². The Balaban J connectivity index is 1.89. The monoisotopic (exact) mass is 421 g/mol. The normalized spacial score (nSPS) is 11.4. The molecule has 6 nitrogen and oxygen atoms in total. The standard InChI is InChI=1S/C16H16Cl2F3N5O/c1-22-16(23-6-8-5-9(17)15(18)26(8)2)24-7-12(27)25-11-4-3-10(19)13(20)14(11)21/h3-5H,6-7H2,1-2H3,(H,25,27)(H2,22,23,24).